The zero-order valence-electron chi connectivity index (χ0n) is 13.0. The highest BCUT2D eigenvalue weighted by atomic mass is 28.3. The Morgan fingerprint density at radius 3 is 2.10 bits per heavy atom. The standard InChI is InChI=1S/C20H24Si/c1-4-11-19(17-16-18-12-7-5-8-13-18)21(2,3)20-14-9-6-10-15-20/h4-10,12-17,19H,1,11H2,2-3H3/b17-16+. The van der Waals surface area contributed by atoms with Gasteiger partial charge in [0.25, 0.3) is 0 Å². The third kappa shape index (κ3) is 4.05. The van der Waals surface area contributed by atoms with E-state index in [9.17, 15) is 0 Å². The highest BCUT2D eigenvalue weighted by Gasteiger charge is 2.30. The van der Waals surface area contributed by atoms with E-state index in [1.165, 1.54) is 10.8 Å². The molecule has 0 spiro atoms. The van der Waals surface area contributed by atoms with E-state index in [-0.39, 0.29) is 0 Å². The van der Waals surface area contributed by atoms with E-state index in [4.69, 9.17) is 0 Å². The lowest BCUT2D eigenvalue weighted by atomic mass is 10.2. The fraction of sp³-hybridized carbons (Fsp3) is 0.200. The van der Waals surface area contributed by atoms with Gasteiger partial charge in [0.05, 0.1) is 8.07 Å². The third-order valence-electron chi connectivity index (χ3n) is 4.19. The smallest absolute Gasteiger partial charge is 0.0876 e. The zero-order chi connectivity index (χ0) is 15.1. The van der Waals surface area contributed by atoms with Crippen molar-refractivity contribution < 1.29 is 0 Å². The zero-order valence-corrected chi connectivity index (χ0v) is 14.0. The molecule has 0 saturated carbocycles. The summed E-state index contributed by atoms with van der Waals surface area (Å²) >= 11 is 0. The van der Waals surface area contributed by atoms with Gasteiger partial charge in [-0.05, 0) is 17.5 Å². The van der Waals surface area contributed by atoms with E-state index in [0.717, 1.165) is 6.42 Å². The Labute approximate surface area is 129 Å². The minimum absolute atomic E-state index is 0.567. The molecule has 0 bridgehead atoms. The molecule has 2 rings (SSSR count). The molecule has 0 heterocycles. The SMILES string of the molecule is C=CCC(/C=C/c1ccccc1)[Si](C)(C)c1ccccc1. The highest BCUT2D eigenvalue weighted by molar-refractivity contribution is 6.91. The summed E-state index contributed by atoms with van der Waals surface area (Å²) in [6.45, 7) is 8.85. The van der Waals surface area contributed by atoms with Crippen LogP contribution in [-0.2, 0) is 0 Å². The van der Waals surface area contributed by atoms with Gasteiger partial charge in [0.15, 0.2) is 0 Å². The summed E-state index contributed by atoms with van der Waals surface area (Å²) in [6, 6.07) is 21.5. The van der Waals surface area contributed by atoms with Crippen molar-refractivity contribution in [2.75, 3.05) is 0 Å². The monoisotopic (exact) mass is 292 g/mol. The number of benzene rings is 2. The molecule has 0 fully saturated rings. The van der Waals surface area contributed by atoms with Crippen molar-refractivity contribution in [1.29, 1.82) is 0 Å². The molecular weight excluding hydrogens is 268 g/mol. The quantitative estimate of drug-likeness (QED) is 0.503. The molecule has 0 nitrogen and oxygen atoms in total. The van der Waals surface area contributed by atoms with Gasteiger partial charge in [0.1, 0.15) is 0 Å². The van der Waals surface area contributed by atoms with Crippen LogP contribution >= 0.6 is 0 Å². The molecular formula is C20H24Si. The van der Waals surface area contributed by atoms with Crippen molar-refractivity contribution in [2.24, 2.45) is 0 Å². The van der Waals surface area contributed by atoms with Gasteiger partial charge in [-0.3, -0.25) is 0 Å². The molecule has 0 aliphatic carbocycles. The first-order valence-electron chi connectivity index (χ1n) is 7.54. The molecule has 2 aromatic carbocycles. The second-order valence-electron chi connectivity index (χ2n) is 5.99. The molecule has 0 saturated heterocycles. The Balaban J connectivity index is 2.26. The van der Waals surface area contributed by atoms with E-state index in [1.807, 2.05) is 0 Å². The molecule has 2 aromatic rings. The van der Waals surface area contributed by atoms with Crippen molar-refractivity contribution in [3.05, 3.63) is 85.0 Å². The fourth-order valence-electron chi connectivity index (χ4n) is 2.67. The van der Waals surface area contributed by atoms with Gasteiger partial charge in [-0.1, -0.05) is 97.2 Å². The molecule has 1 unspecified atom stereocenters. The van der Waals surface area contributed by atoms with Gasteiger partial charge in [-0.15, -0.1) is 6.58 Å². The molecule has 0 aromatic heterocycles. The van der Waals surface area contributed by atoms with E-state index >= 15 is 0 Å². The molecule has 108 valence electrons. The average molecular weight is 292 g/mol. The van der Waals surface area contributed by atoms with E-state index in [1.54, 1.807) is 0 Å². The summed E-state index contributed by atoms with van der Waals surface area (Å²) < 4.78 is 0. The van der Waals surface area contributed by atoms with E-state index in [2.05, 4.69) is 98.6 Å². The van der Waals surface area contributed by atoms with Crippen LogP contribution in [0.4, 0.5) is 0 Å². The molecule has 21 heavy (non-hydrogen) atoms. The van der Waals surface area contributed by atoms with Gasteiger partial charge >= 0.3 is 0 Å². The number of rotatable bonds is 6. The summed E-state index contributed by atoms with van der Waals surface area (Å²) in [5, 5.41) is 1.51. The predicted molar refractivity (Wildman–Crippen MR) is 97.6 cm³/mol. The van der Waals surface area contributed by atoms with Crippen LogP contribution in [0.15, 0.2) is 79.4 Å². The Morgan fingerprint density at radius 1 is 0.952 bits per heavy atom. The lowest BCUT2D eigenvalue weighted by molar-refractivity contribution is 1.01. The summed E-state index contributed by atoms with van der Waals surface area (Å²) in [7, 11) is -1.54. The maximum atomic E-state index is 3.95. The Bertz CT molecular complexity index is 582. The molecule has 0 aliphatic heterocycles. The van der Waals surface area contributed by atoms with Gasteiger partial charge in [0, 0.05) is 0 Å². The lowest BCUT2D eigenvalue weighted by Gasteiger charge is -2.30. The van der Waals surface area contributed by atoms with Crippen molar-refractivity contribution >= 4 is 19.3 Å². The Kier molecular flexibility index (Phi) is 5.35. The maximum Gasteiger partial charge on any atom is 0.0876 e. The summed E-state index contributed by atoms with van der Waals surface area (Å²) in [5.74, 6) is 0. The molecule has 0 amide bonds. The normalized spacial score (nSPS) is 13.2. The topological polar surface area (TPSA) is 0 Å². The van der Waals surface area contributed by atoms with Crippen molar-refractivity contribution in [1.82, 2.24) is 0 Å². The van der Waals surface area contributed by atoms with Crippen LogP contribution in [0.5, 0.6) is 0 Å². The minimum atomic E-state index is -1.54. The van der Waals surface area contributed by atoms with E-state index in [0.29, 0.717) is 5.54 Å². The van der Waals surface area contributed by atoms with Crippen LogP contribution in [0.1, 0.15) is 12.0 Å². The van der Waals surface area contributed by atoms with Crippen molar-refractivity contribution in [3.63, 3.8) is 0 Å². The maximum absolute atomic E-state index is 3.95. The molecule has 0 aliphatic rings. The number of allylic oxidation sites excluding steroid dienone is 2. The Morgan fingerprint density at radius 2 is 1.52 bits per heavy atom. The number of hydrogen-bond donors (Lipinski definition) is 0. The first-order valence-corrected chi connectivity index (χ1v) is 10.6. The highest BCUT2D eigenvalue weighted by Crippen LogP contribution is 2.28. The minimum Gasteiger partial charge on any atom is -0.103 e. The van der Waals surface area contributed by atoms with Crippen LogP contribution in [0, 0.1) is 0 Å². The molecule has 1 heteroatoms. The first-order chi connectivity index (χ1) is 10.1. The third-order valence-corrected chi connectivity index (χ3v) is 8.29. The predicted octanol–water partition coefficient (Wildman–Crippen LogP) is 5.26. The van der Waals surface area contributed by atoms with Gasteiger partial charge in [-0.25, -0.2) is 0 Å². The molecule has 1 atom stereocenters. The van der Waals surface area contributed by atoms with Crippen LogP contribution in [0.2, 0.25) is 18.6 Å². The first kappa shape index (κ1) is 15.5. The van der Waals surface area contributed by atoms with Crippen molar-refractivity contribution in [2.45, 2.75) is 25.1 Å². The molecule has 0 N–H and O–H groups in total. The summed E-state index contributed by atoms with van der Waals surface area (Å²) in [5.41, 5.74) is 1.84. The molecule has 0 radical (unpaired) electrons. The second kappa shape index (κ2) is 7.23. The van der Waals surface area contributed by atoms with Crippen LogP contribution in [0.25, 0.3) is 6.08 Å². The number of hydrogen-bond acceptors (Lipinski definition) is 0. The average Bonchev–Trinajstić information content (AvgIpc) is 2.53. The summed E-state index contributed by atoms with van der Waals surface area (Å²) in [6.07, 6.45) is 7.73. The fourth-order valence-corrected chi connectivity index (χ4v) is 5.48. The van der Waals surface area contributed by atoms with Gasteiger partial charge in [-0.2, -0.15) is 0 Å². The Hall–Kier alpha value is -1.86. The van der Waals surface area contributed by atoms with Gasteiger partial charge in [0.2, 0.25) is 0 Å². The lowest BCUT2D eigenvalue weighted by Crippen LogP contribution is -2.45. The van der Waals surface area contributed by atoms with Crippen LogP contribution in [0.3, 0.4) is 0 Å². The largest absolute Gasteiger partial charge is 0.103 e. The van der Waals surface area contributed by atoms with Crippen LogP contribution < -0.4 is 5.19 Å². The van der Waals surface area contributed by atoms with E-state index < -0.39 is 8.07 Å². The van der Waals surface area contributed by atoms with Crippen molar-refractivity contribution in [3.8, 4) is 0 Å². The van der Waals surface area contributed by atoms with Crippen LogP contribution in [-0.4, -0.2) is 8.07 Å². The second-order valence-corrected chi connectivity index (χ2v) is 10.8. The summed E-state index contributed by atoms with van der Waals surface area (Å²) in [4.78, 5) is 0. The van der Waals surface area contributed by atoms with Gasteiger partial charge < -0.3 is 0 Å².